The quantitative estimate of drug-likeness (QED) is 0.138. The molecule has 0 aliphatic heterocycles. The molecule has 2 nitrogen and oxygen atoms in total. The highest BCUT2D eigenvalue weighted by atomic mass is 16.4. The molecule has 0 heterocycles. The number of allylic oxidation sites excluding steroid dienone is 9. The molecule has 0 aromatic rings. The van der Waals surface area contributed by atoms with Crippen LogP contribution in [0.4, 0.5) is 0 Å². The molecule has 2 heteroatoms. The van der Waals surface area contributed by atoms with Gasteiger partial charge in [0.2, 0.25) is 0 Å². The lowest BCUT2D eigenvalue weighted by atomic mass is 10.0. The summed E-state index contributed by atoms with van der Waals surface area (Å²) in [7, 11) is 0. The van der Waals surface area contributed by atoms with Crippen molar-refractivity contribution < 1.29 is 9.90 Å². The smallest absolute Gasteiger partial charge is 0.328 e. The molecule has 0 aromatic heterocycles. The van der Waals surface area contributed by atoms with E-state index < -0.39 is 5.97 Å². The van der Waals surface area contributed by atoms with Gasteiger partial charge in [0.15, 0.2) is 0 Å². The van der Waals surface area contributed by atoms with Crippen LogP contribution in [0.5, 0.6) is 0 Å². The van der Waals surface area contributed by atoms with Crippen LogP contribution in [0, 0.1) is 0 Å². The molecule has 0 aliphatic carbocycles. The molecule has 0 spiro atoms. The second-order valence-corrected chi connectivity index (χ2v) is 7.31. The van der Waals surface area contributed by atoms with Gasteiger partial charge < -0.3 is 5.11 Å². The van der Waals surface area contributed by atoms with Gasteiger partial charge >= 0.3 is 5.97 Å². The van der Waals surface area contributed by atoms with Gasteiger partial charge in [-0.3, -0.25) is 0 Å². The molecule has 0 rings (SSSR count). The van der Waals surface area contributed by atoms with Crippen molar-refractivity contribution in [3.05, 3.63) is 60.8 Å². The lowest BCUT2D eigenvalue weighted by Gasteiger charge is -2.02. The van der Waals surface area contributed by atoms with Gasteiger partial charge in [0, 0.05) is 6.08 Å². The molecule has 0 aliphatic rings. The van der Waals surface area contributed by atoms with Gasteiger partial charge in [-0.25, -0.2) is 4.79 Å². The van der Waals surface area contributed by atoms with Crippen molar-refractivity contribution in [2.24, 2.45) is 0 Å². The number of aliphatic carboxylic acids is 1. The predicted molar refractivity (Wildman–Crippen MR) is 124 cm³/mol. The van der Waals surface area contributed by atoms with Crippen LogP contribution in [0.3, 0.4) is 0 Å². The fraction of sp³-hybridized carbons (Fsp3) is 0.577. The van der Waals surface area contributed by atoms with Gasteiger partial charge in [0.1, 0.15) is 0 Å². The molecule has 0 unspecified atom stereocenters. The Balaban J connectivity index is 3.34. The molecule has 0 radical (unpaired) electrons. The van der Waals surface area contributed by atoms with Crippen molar-refractivity contribution >= 4 is 5.97 Å². The standard InChI is InChI=1S/C26H42O2/c1-2-3-4-5-6-7-8-9-10-11-12-13-14-15-16-17-18-19-20-21-22-23-24-25-26(27)28/h16-25H,2-15H2,1H3,(H,27,28)/b17-16+,19-18+,21-20+,23-22+,25-24+. The van der Waals surface area contributed by atoms with Crippen LogP contribution in [-0.2, 0) is 4.79 Å². The van der Waals surface area contributed by atoms with Crippen LogP contribution in [0.2, 0.25) is 0 Å². The first-order valence-electron chi connectivity index (χ1n) is 11.3. The molecule has 0 aromatic carbocycles. The molecule has 0 saturated carbocycles. The number of hydrogen-bond acceptors (Lipinski definition) is 1. The maximum absolute atomic E-state index is 10.3. The van der Waals surface area contributed by atoms with Crippen LogP contribution in [0.1, 0.15) is 96.8 Å². The molecular formula is C26H42O2. The predicted octanol–water partition coefficient (Wildman–Crippen LogP) is 8.33. The Morgan fingerprint density at radius 2 is 0.964 bits per heavy atom. The summed E-state index contributed by atoms with van der Waals surface area (Å²) in [4.78, 5) is 10.3. The Kier molecular flexibility index (Phi) is 21.7. The van der Waals surface area contributed by atoms with Crippen LogP contribution < -0.4 is 0 Å². The van der Waals surface area contributed by atoms with E-state index in [1.165, 1.54) is 89.5 Å². The van der Waals surface area contributed by atoms with Crippen LogP contribution in [0.15, 0.2) is 60.8 Å². The monoisotopic (exact) mass is 386 g/mol. The minimum Gasteiger partial charge on any atom is -0.478 e. The zero-order valence-corrected chi connectivity index (χ0v) is 18.0. The number of rotatable bonds is 19. The van der Waals surface area contributed by atoms with E-state index in [1.807, 2.05) is 24.3 Å². The summed E-state index contributed by atoms with van der Waals surface area (Å²) in [6, 6.07) is 0. The largest absolute Gasteiger partial charge is 0.478 e. The van der Waals surface area contributed by atoms with Crippen molar-refractivity contribution in [1.82, 2.24) is 0 Å². The molecular weight excluding hydrogens is 344 g/mol. The SMILES string of the molecule is CCCCCCCCCCCCCCC/C=C/C=C/C=C/C=C/C=C/C(=O)O. The number of unbranched alkanes of at least 4 members (excludes halogenated alkanes) is 13. The number of carboxylic acid groups (broad SMARTS) is 1. The van der Waals surface area contributed by atoms with E-state index in [2.05, 4.69) is 19.1 Å². The van der Waals surface area contributed by atoms with Crippen molar-refractivity contribution in [3.63, 3.8) is 0 Å². The molecule has 0 saturated heterocycles. The molecule has 0 bridgehead atoms. The average Bonchev–Trinajstić information content (AvgIpc) is 2.68. The molecule has 0 fully saturated rings. The maximum Gasteiger partial charge on any atom is 0.328 e. The summed E-state index contributed by atoms with van der Waals surface area (Å²) in [6.07, 6.45) is 37.6. The van der Waals surface area contributed by atoms with Crippen LogP contribution in [-0.4, -0.2) is 11.1 Å². The van der Waals surface area contributed by atoms with Gasteiger partial charge in [-0.1, -0.05) is 139 Å². The Bertz CT molecular complexity index is 481. The zero-order valence-electron chi connectivity index (χ0n) is 18.0. The van der Waals surface area contributed by atoms with Crippen LogP contribution >= 0.6 is 0 Å². The molecule has 28 heavy (non-hydrogen) atoms. The van der Waals surface area contributed by atoms with Crippen molar-refractivity contribution in [2.45, 2.75) is 96.8 Å². The van der Waals surface area contributed by atoms with E-state index in [0.717, 1.165) is 12.5 Å². The summed E-state index contributed by atoms with van der Waals surface area (Å²) in [6.45, 7) is 2.28. The van der Waals surface area contributed by atoms with E-state index in [-0.39, 0.29) is 0 Å². The van der Waals surface area contributed by atoms with E-state index in [9.17, 15) is 4.79 Å². The molecule has 0 atom stereocenters. The maximum atomic E-state index is 10.3. The van der Waals surface area contributed by atoms with E-state index in [0.29, 0.717) is 0 Å². The highest BCUT2D eigenvalue weighted by Gasteiger charge is 1.93. The summed E-state index contributed by atoms with van der Waals surface area (Å²) < 4.78 is 0. The fourth-order valence-corrected chi connectivity index (χ4v) is 2.98. The Labute approximate surface area is 173 Å². The van der Waals surface area contributed by atoms with E-state index >= 15 is 0 Å². The molecule has 158 valence electrons. The van der Waals surface area contributed by atoms with Crippen molar-refractivity contribution in [2.75, 3.05) is 0 Å². The minimum absolute atomic E-state index is 0.929. The minimum atomic E-state index is -0.929. The Morgan fingerprint density at radius 1 is 0.571 bits per heavy atom. The summed E-state index contributed by atoms with van der Waals surface area (Å²) in [5.74, 6) is -0.929. The summed E-state index contributed by atoms with van der Waals surface area (Å²) in [5.41, 5.74) is 0. The van der Waals surface area contributed by atoms with E-state index in [4.69, 9.17) is 5.11 Å². The third kappa shape index (κ3) is 24.2. The van der Waals surface area contributed by atoms with Gasteiger partial charge in [-0.05, 0) is 12.8 Å². The lowest BCUT2D eigenvalue weighted by molar-refractivity contribution is -0.131. The van der Waals surface area contributed by atoms with Gasteiger partial charge in [0.05, 0.1) is 0 Å². The second kappa shape index (κ2) is 23.2. The van der Waals surface area contributed by atoms with Crippen molar-refractivity contribution in [1.29, 1.82) is 0 Å². The number of hydrogen-bond donors (Lipinski definition) is 1. The van der Waals surface area contributed by atoms with Crippen molar-refractivity contribution in [3.8, 4) is 0 Å². The van der Waals surface area contributed by atoms with Crippen LogP contribution in [0.25, 0.3) is 0 Å². The Morgan fingerprint density at radius 3 is 1.43 bits per heavy atom. The first-order valence-corrected chi connectivity index (χ1v) is 11.3. The first-order chi connectivity index (χ1) is 13.8. The number of carbonyl (C=O) groups is 1. The highest BCUT2D eigenvalue weighted by Crippen LogP contribution is 2.12. The Hall–Kier alpha value is -1.83. The van der Waals surface area contributed by atoms with Gasteiger partial charge in [-0.15, -0.1) is 0 Å². The van der Waals surface area contributed by atoms with Gasteiger partial charge in [-0.2, -0.15) is 0 Å². The topological polar surface area (TPSA) is 37.3 Å². The van der Waals surface area contributed by atoms with E-state index in [1.54, 1.807) is 12.2 Å². The summed E-state index contributed by atoms with van der Waals surface area (Å²) in [5, 5.41) is 8.43. The number of carboxylic acids is 1. The normalized spacial score (nSPS) is 12.6. The fourth-order valence-electron chi connectivity index (χ4n) is 2.98. The zero-order chi connectivity index (χ0) is 20.5. The average molecular weight is 387 g/mol. The highest BCUT2D eigenvalue weighted by molar-refractivity contribution is 5.80. The summed E-state index contributed by atoms with van der Waals surface area (Å²) >= 11 is 0. The second-order valence-electron chi connectivity index (χ2n) is 7.31. The molecule has 0 amide bonds. The third-order valence-corrected chi connectivity index (χ3v) is 4.63. The molecule has 1 N–H and O–H groups in total. The van der Waals surface area contributed by atoms with Gasteiger partial charge in [0.25, 0.3) is 0 Å². The third-order valence-electron chi connectivity index (χ3n) is 4.63. The lowest BCUT2D eigenvalue weighted by Crippen LogP contribution is -1.84. The first kappa shape index (κ1) is 26.2.